The standard InChI is InChI=1S/C12H9ClO3S/c1-16-11(15)6-9(14)10-5-7-3-2-4-8(13)12(7)17-10/h2-5H,6H2,1H3. The molecule has 0 atom stereocenters. The summed E-state index contributed by atoms with van der Waals surface area (Å²) >= 11 is 7.31. The number of hydrogen-bond donors (Lipinski definition) is 0. The van der Waals surface area contributed by atoms with Crippen LogP contribution in [0, 0.1) is 0 Å². The molecule has 0 aliphatic heterocycles. The number of rotatable bonds is 3. The second-order valence-electron chi connectivity index (χ2n) is 3.44. The minimum absolute atomic E-state index is 0.235. The molecule has 2 rings (SSSR count). The van der Waals surface area contributed by atoms with Crippen LogP contribution in [0.3, 0.4) is 0 Å². The fourth-order valence-electron chi connectivity index (χ4n) is 1.46. The van der Waals surface area contributed by atoms with Crippen LogP contribution in [0.2, 0.25) is 5.02 Å². The summed E-state index contributed by atoms with van der Waals surface area (Å²) in [5.74, 6) is -0.771. The number of halogens is 1. The van der Waals surface area contributed by atoms with Crippen molar-refractivity contribution >= 4 is 44.8 Å². The fraction of sp³-hybridized carbons (Fsp3) is 0.167. The zero-order valence-electron chi connectivity index (χ0n) is 9.03. The van der Waals surface area contributed by atoms with Crippen LogP contribution in [0.15, 0.2) is 24.3 Å². The highest BCUT2D eigenvalue weighted by Crippen LogP contribution is 2.32. The van der Waals surface area contributed by atoms with Gasteiger partial charge in [0.15, 0.2) is 5.78 Å². The molecule has 0 aliphatic carbocycles. The Morgan fingerprint density at radius 2 is 2.18 bits per heavy atom. The Balaban J connectivity index is 2.34. The summed E-state index contributed by atoms with van der Waals surface area (Å²) in [5.41, 5.74) is 0. The summed E-state index contributed by atoms with van der Waals surface area (Å²) < 4.78 is 5.32. The van der Waals surface area contributed by atoms with Gasteiger partial charge in [-0.3, -0.25) is 9.59 Å². The number of ether oxygens (including phenoxy) is 1. The van der Waals surface area contributed by atoms with E-state index < -0.39 is 5.97 Å². The molecular weight excluding hydrogens is 260 g/mol. The topological polar surface area (TPSA) is 43.4 Å². The van der Waals surface area contributed by atoms with Crippen LogP contribution in [0.25, 0.3) is 10.1 Å². The van der Waals surface area contributed by atoms with Crippen LogP contribution in [0.4, 0.5) is 0 Å². The van der Waals surface area contributed by atoms with Crippen molar-refractivity contribution in [3.05, 3.63) is 34.2 Å². The average molecular weight is 269 g/mol. The normalized spacial score (nSPS) is 10.5. The first kappa shape index (κ1) is 12.1. The molecule has 0 amide bonds. The third-order valence-electron chi connectivity index (χ3n) is 2.30. The summed E-state index contributed by atoms with van der Waals surface area (Å²) in [4.78, 5) is 23.3. The van der Waals surface area contributed by atoms with E-state index in [4.69, 9.17) is 11.6 Å². The van der Waals surface area contributed by atoms with Gasteiger partial charge in [-0.15, -0.1) is 11.3 Å². The molecule has 88 valence electrons. The first-order chi connectivity index (χ1) is 8.11. The van der Waals surface area contributed by atoms with Crippen molar-refractivity contribution in [2.24, 2.45) is 0 Å². The largest absolute Gasteiger partial charge is 0.469 e. The zero-order valence-corrected chi connectivity index (χ0v) is 10.6. The van der Waals surface area contributed by atoms with Crippen molar-refractivity contribution in [1.29, 1.82) is 0 Å². The summed E-state index contributed by atoms with van der Waals surface area (Å²) in [7, 11) is 1.26. The van der Waals surface area contributed by atoms with Gasteiger partial charge in [0.25, 0.3) is 0 Å². The molecule has 0 fully saturated rings. The summed E-state index contributed by atoms with van der Waals surface area (Å²) in [6, 6.07) is 7.23. The van der Waals surface area contributed by atoms with E-state index in [2.05, 4.69) is 4.74 Å². The molecule has 0 N–H and O–H groups in total. The monoisotopic (exact) mass is 268 g/mol. The molecule has 17 heavy (non-hydrogen) atoms. The minimum Gasteiger partial charge on any atom is -0.469 e. The second-order valence-corrected chi connectivity index (χ2v) is 4.90. The first-order valence-corrected chi connectivity index (χ1v) is 6.09. The molecule has 1 aromatic heterocycles. The van der Waals surface area contributed by atoms with Crippen molar-refractivity contribution in [1.82, 2.24) is 0 Å². The molecule has 0 aliphatic rings. The Morgan fingerprint density at radius 3 is 2.82 bits per heavy atom. The van der Waals surface area contributed by atoms with E-state index in [9.17, 15) is 9.59 Å². The maximum atomic E-state index is 11.8. The van der Waals surface area contributed by atoms with Crippen LogP contribution >= 0.6 is 22.9 Å². The van der Waals surface area contributed by atoms with E-state index in [1.165, 1.54) is 18.4 Å². The molecule has 2 aromatic rings. The van der Waals surface area contributed by atoms with E-state index in [0.717, 1.165) is 10.1 Å². The van der Waals surface area contributed by atoms with Gasteiger partial charge in [-0.1, -0.05) is 23.7 Å². The van der Waals surface area contributed by atoms with Gasteiger partial charge in [0.1, 0.15) is 6.42 Å². The first-order valence-electron chi connectivity index (χ1n) is 4.90. The lowest BCUT2D eigenvalue weighted by Gasteiger charge is -1.95. The van der Waals surface area contributed by atoms with Gasteiger partial charge in [-0.05, 0) is 17.5 Å². The number of carbonyl (C=O) groups is 2. The van der Waals surface area contributed by atoms with Gasteiger partial charge in [0, 0.05) is 0 Å². The summed E-state index contributed by atoms with van der Waals surface area (Å²) in [6.07, 6.45) is -0.235. The van der Waals surface area contributed by atoms with Crippen molar-refractivity contribution in [3.63, 3.8) is 0 Å². The molecule has 0 unspecified atom stereocenters. The van der Waals surface area contributed by atoms with E-state index in [1.54, 1.807) is 12.1 Å². The lowest BCUT2D eigenvalue weighted by molar-refractivity contribution is -0.139. The maximum absolute atomic E-state index is 11.8. The molecule has 0 saturated carbocycles. The SMILES string of the molecule is COC(=O)CC(=O)c1cc2cccc(Cl)c2s1. The Labute approximate surface area is 107 Å². The van der Waals surface area contributed by atoms with E-state index in [-0.39, 0.29) is 12.2 Å². The van der Waals surface area contributed by atoms with Crippen LogP contribution in [0.1, 0.15) is 16.1 Å². The Kier molecular flexibility index (Phi) is 3.45. The number of ketones is 1. The summed E-state index contributed by atoms with van der Waals surface area (Å²) in [5, 5.41) is 1.53. The highest BCUT2D eigenvalue weighted by molar-refractivity contribution is 7.21. The van der Waals surface area contributed by atoms with Gasteiger partial charge >= 0.3 is 5.97 Å². The predicted octanol–water partition coefficient (Wildman–Crippen LogP) is 3.30. The Hall–Kier alpha value is -1.39. The minimum atomic E-state index is -0.529. The molecule has 0 radical (unpaired) electrons. The molecule has 3 nitrogen and oxygen atoms in total. The maximum Gasteiger partial charge on any atom is 0.313 e. The van der Waals surface area contributed by atoms with Crippen LogP contribution < -0.4 is 0 Å². The van der Waals surface area contributed by atoms with E-state index in [0.29, 0.717) is 9.90 Å². The molecule has 5 heteroatoms. The van der Waals surface area contributed by atoms with Gasteiger partial charge in [0.05, 0.1) is 21.7 Å². The lowest BCUT2D eigenvalue weighted by Crippen LogP contribution is -2.07. The number of carbonyl (C=O) groups excluding carboxylic acids is 2. The van der Waals surface area contributed by atoms with Crippen molar-refractivity contribution in [3.8, 4) is 0 Å². The molecule has 0 spiro atoms. The van der Waals surface area contributed by atoms with Crippen LogP contribution in [0.5, 0.6) is 0 Å². The average Bonchev–Trinajstić information content (AvgIpc) is 2.74. The molecular formula is C12H9ClO3S. The predicted molar refractivity (Wildman–Crippen MR) is 67.8 cm³/mol. The second kappa shape index (κ2) is 4.85. The highest BCUT2D eigenvalue weighted by Gasteiger charge is 2.15. The fourth-order valence-corrected chi connectivity index (χ4v) is 2.76. The Morgan fingerprint density at radius 1 is 1.41 bits per heavy atom. The number of fused-ring (bicyclic) bond motifs is 1. The van der Waals surface area contributed by atoms with Gasteiger partial charge in [0.2, 0.25) is 0 Å². The zero-order chi connectivity index (χ0) is 12.4. The number of thiophene rings is 1. The molecule has 0 saturated heterocycles. The van der Waals surface area contributed by atoms with Gasteiger partial charge < -0.3 is 4.74 Å². The van der Waals surface area contributed by atoms with E-state index in [1.807, 2.05) is 12.1 Å². The smallest absolute Gasteiger partial charge is 0.313 e. The lowest BCUT2D eigenvalue weighted by atomic mass is 10.2. The highest BCUT2D eigenvalue weighted by atomic mass is 35.5. The molecule has 1 aromatic carbocycles. The van der Waals surface area contributed by atoms with Gasteiger partial charge in [-0.2, -0.15) is 0 Å². The van der Waals surface area contributed by atoms with Gasteiger partial charge in [-0.25, -0.2) is 0 Å². The Bertz CT molecular complexity index is 588. The molecule has 0 bridgehead atoms. The van der Waals surface area contributed by atoms with E-state index >= 15 is 0 Å². The van der Waals surface area contributed by atoms with Crippen molar-refractivity contribution in [2.45, 2.75) is 6.42 Å². The third-order valence-corrected chi connectivity index (χ3v) is 3.96. The summed E-state index contributed by atoms with van der Waals surface area (Å²) in [6.45, 7) is 0. The van der Waals surface area contributed by atoms with Crippen molar-refractivity contribution in [2.75, 3.05) is 7.11 Å². The number of Topliss-reactive ketones (excluding diaryl/α,β-unsaturated/α-hetero) is 1. The number of esters is 1. The number of methoxy groups -OCH3 is 1. The third kappa shape index (κ3) is 2.48. The molecule has 1 heterocycles. The van der Waals surface area contributed by atoms with Crippen molar-refractivity contribution < 1.29 is 14.3 Å². The number of hydrogen-bond acceptors (Lipinski definition) is 4. The quantitative estimate of drug-likeness (QED) is 0.487. The van der Waals surface area contributed by atoms with Crippen LogP contribution in [-0.4, -0.2) is 18.9 Å². The van der Waals surface area contributed by atoms with Crippen LogP contribution in [-0.2, 0) is 9.53 Å². The number of benzene rings is 1.